The molecule has 0 spiro atoms. The Hall–Kier alpha value is -3.08. The number of imidazole rings is 1. The van der Waals surface area contributed by atoms with Gasteiger partial charge in [0, 0.05) is 37.6 Å². The number of para-hydroxylation sites is 1. The summed E-state index contributed by atoms with van der Waals surface area (Å²) >= 11 is 0. The first-order chi connectivity index (χ1) is 12.8. The van der Waals surface area contributed by atoms with E-state index in [1.54, 1.807) is 13.3 Å². The number of rotatable bonds is 5. The molecule has 0 radical (unpaired) electrons. The number of hydrogen-bond acceptors (Lipinski definition) is 3. The zero-order valence-electron chi connectivity index (χ0n) is 14.8. The van der Waals surface area contributed by atoms with E-state index in [-0.39, 0.29) is 5.91 Å². The molecule has 2 aromatic carbocycles. The molecule has 1 aliphatic rings. The molecule has 1 aromatic heterocycles. The van der Waals surface area contributed by atoms with Crippen molar-refractivity contribution in [3.63, 3.8) is 0 Å². The summed E-state index contributed by atoms with van der Waals surface area (Å²) in [5.74, 6) is 1.90. The molecule has 0 bridgehead atoms. The smallest absolute Gasteiger partial charge is 0.227 e. The quantitative estimate of drug-likeness (QED) is 0.706. The highest BCUT2D eigenvalue weighted by molar-refractivity contribution is 5.95. The predicted molar refractivity (Wildman–Crippen MR) is 101 cm³/mol. The summed E-state index contributed by atoms with van der Waals surface area (Å²) in [6.45, 7) is 1.53. The molecule has 132 valence electrons. The number of benzene rings is 2. The van der Waals surface area contributed by atoms with Crippen LogP contribution >= 0.6 is 0 Å². The van der Waals surface area contributed by atoms with Crippen molar-refractivity contribution in [2.75, 3.05) is 18.6 Å². The summed E-state index contributed by atoms with van der Waals surface area (Å²) < 4.78 is 7.57. The van der Waals surface area contributed by atoms with Gasteiger partial charge in [0.1, 0.15) is 11.6 Å². The minimum atomic E-state index is 0.214. The SMILES string of the molecule is COc1ccccc1-c1nccn1Cc1ccc(N2CCCC2=O)cc1. The van der Waals surface area contributed by atoms with Crippen molar-refractivity contribution >= 4 is 11.6 Å². The van der Waals surface area contributed by atoms with E-state index in [0.717, 1.165) is 41.4 Å². The van der Waals surface area contributed by atoms with Gasteiger partial charge >= 0.3 is 0 Å². The van der Waals surface area contributed by atoms with Gasteiger partial charge in [-0.15, -0.1) is 0 Å². The van der Waals surface area contributed by atoms with E-state index >= 15 is 0 Å². The lowest BCUT2D eigenvalue weighted by Crippen LogP contribution is -2.23. The molecule has 0 aliphatic carbocycles. The number of carbonyl (C=O) groups is 1. The van der Waals surface area contributed by atoms with Crippen LogP contribution in [0.3, 0.4) is 0 Å². The molecule has 1 fully saturated rings. The van der Waals surface area contributed by atoms with Gasteiger partial charge in [-0.2, -0.15) is 0 Å². The molecule has 1 amide bonds. The van der Waals surface area contributed by atoms with E-state index in [1.807, 2.05) is 47.5 Å². The third-order valence-electron chi connectivity index (χ3n) is 4.74. The zero-order valence-corrected chi connectivity index (χ0v) is 14.8. The standard InChI is InChI=1S/C21H21N3O2/c1-26-19-6-3-2-5-18(19)21-22-12-14-23(21)15-16-8-10-17(11-9-16)24-13-4-7-20(24)25/h2-3,5-6,8-12,14H,4,7,13,15H2,1H3. The molecule has 1 aliphatic heterocycles. The molecule has 5 heteroatoms. The van der Waals surface area contributed by atoms with Gasteiger partial charge in [0.05, 0.1) is 12.7 Å². The normalized spacial score (nSPS) is 14.0. The number of ether oxygens (including phenoxy) is 1. The summed E-state index contributed by atoms with van der Waals surface area (Å²) in [5.41, 5.74) is 3.11. The lowest BCUT2D eigenvalue weighted by Gasteiger charge is -2.16. The Morgan fingerprint density at radius 3 is 2.65 bits per heavy atom. The lowest BCUT2D eigenvalue weighted by atomic mass is 10.1. The average Bonchev–Trinajstić information content (AvgIpc) is 3.31. The number of carbonyl (C=O) groups excluding carboxylic acids is 1. The number of amides is 1. The molecule has 4 rings (SSSR count). The van der Waals surface area contributed by atoms with Crippen molar-refractivity contribution in [3.05, 3.63) is 66.5 Å². The topological polar surface area (TPSA) is 47.4 Å². The van der Waals surface area contributed by atoms with Crippen LogP contribution < -0.4 is 9.64 Å². The molecule has 3 aromatic rings. The van der Waals surface area contributed by atoms with Crippen LogP contribution in [0, 0.1) is 0 Å². The highest BCUT2D eigenvalue weighted by Gasteiger charge is 2.21. The maximum absolute atomic E-state index is 11.9. The third kappa shape index (κ3) is 3.08. The van der Waals surface area contributed by atoms with Gasteiger partial charge in [-0.05, 0) is 36.2 Å². The highest BCUT2D eigenvalue weighted by atomic mass is 16.5. The van der Waals surface area contributed by atoms with Crippen molar-refractivity contribution in [2.45, 2.75) is 19.4 Å². The fraction of sp³-hybridized carbons (Fsp3) is 0.238. The van der Waals surface area contributed by atoms with Gasteiger partial charge in [-0.1, -0.05) is 24.3 Å². The Bertz CT molecular complexity index is 915. The monoisotopic (exact) mass is 347 g/mol. The fourth-order valence-corrected chi connectivity index (χ4v) is 3.41. The molecular formula is C21H21N3O2. The van der Waals surface area contributed by atoms with Crippen LogP contribution in [0.2, 0.25) is 0 Å². The Kier molecular flexibility index (Phi) is 4.44. The van der Waals surface area contributed by atoms with Gasteiger partial charge in [0.15, 0.2) is 0 Å². The van der Waals surface area contributed by atoms with Crippen molar-refractivity contribution < 1.29 is 9.53 Å². The van der Waals surface area contributed by atoms with Crippen LogP contribution in [0.15, 0.2) is 60.9 Å². The van der Waals surface area contributed by atoms with Crippen LogP contribution in [0.25, 0.3) is 11.4 Å². The summed E-state index contributed by atoms with van der Waals surface area (Å²) in [6.07, 6.45) is 5.37. The second kappa shape index (κ2) is 7.04. The minimum absolute atomic E-state index is 0.214. The second-order valence-corrected chi connectivity index (χ2v) is 6.39. The van der Waals surface area contributed by atoms with Gasteiger partial charge in [-0.25, -0.2) is 4.98 Å². The molecule has 2 heterocycles. The van der Waals surface area contributed by atoms with Crippen LogP contribution in [-0.2, 0) is 11.3 Å². The Morgan fingerprint density at radius 1 is 1.12 bits per heavy atom. The Balaban J connectivity index is 1.57. The van der Waals surface area contributed by atoms with E-state index < -0.39 is 0 Å². The van der Waals surface area contributed by atoms with E-state index in [0.29, 0.717) is 13.0 Å². The highest BCUT2D eigenvalue weighted by Crippen LogP contribution is 2.29. The van der Waals surface area contributed by atoms with E-state index in [1.165, 1.54) is 0 Å². The average molecular weight is 347 g/mol. The van der Waals surface area contributed by atoms with Crippen molar-refractivity contribution in [2.24, 2.45) is 0 Å². The molecule has 0 N–H and O–H groups in total. The Labute approximate surface area is 152 Å². The van der Waals surface area contributed by atoms with Crippen molar-refractivity contribution in [1.82, 2.24) is 9.55 Å². The first kappa shape index (κ1) is 16.4. The van der Waals surface area contributed by atoms with Crippen LogP contribution in [0.4, 0.5) is 5.69 Å². The van der Waals surface area contributed by atoms with Gasteiger partial charge < -0.3 is 14.2 Å². The van der Waals surface area contributed by atoms with Gasteiger partial charge in [-0.3, -0.25) is 4.79 Å². The van der Waals surface area contributed by atoms with Crippen LogP contribution in [0.5, 0.6) is 5.75 Å². The summed E-state index contributed by atoms with van der Waals surface area (Å²) in [4.78, 5) is 18.3. The zero-order chi connectivity index (χ0) is 17.9. The summed E-state index contributed by atoms with van der Waals surface area (Å²) in [6, 6.07) is 16.1. The first-order valence-corrected chi connectivity index (χ1v) is 8.80. The van der Waals surface area contributed by atoms with E-state index in [2.05, 4.69) is 21.7 Å². The predicted octanol–water partition coefficient (Wildman–Crippen LogP) is 3.73. The summed E-state index contributed by atoms with van der Waals surface area (Å²) in [5, 5.41) is 0. The molecule has 0 saturated carbocycles. The second-order valence-electron chi connectivity index (χ2n) is 6.39. The lowest BCUT2D eigenvalue weighted by molar-refractivity contribution is -0.117. The number of methoxy groups -OCH3 is 1. The summed E-state index contributed by atoms with van der Waals surface area (Å²) in [7, 11) is 1.67. The maximum atomic E-state index is 11.9. The van der Waals surface area contributed by atoms with Crippen LogP contribution in [-0.4, -0.2) is 29.1 Å². The number of anilines is 1. The maximum Gasteiger partial charge on any atom is 0.227 e. The molecule has 0 atom stereocenters. The van der Waals surface area contributed by atoms with Crippen LogP contribution in [0.1, 0.15) is 18.4 Å². The van der Waals surface area contributed by atoms with Gasteiger partial charge in [0.25, 0.3) is 0 Å². The minimum Gasteiger partial charge on any atom is -0.496 e. The third-order valence-corrected chi connectivity index (χ3v) is 4.74. The van der Waals surface area contributed by atoms with E-state index in [9.17, 15) is 4.79 Å². The number of hydrogen-bond donors (Lipinski definition) is 0. The first-order valence-electron chi connectivity index (χ1n) is 8.80. The fourth-order valence-electron chi connectivity index (χ4n) is 3.41. The largest absolute Gasteiger partial charge is 0.496 e. The molecule has 0 unspecified atom stereocenters. The van der Waals surface area contributed by atoms with Crippen molar-refractivity contribution in [3.8, 4) is 17.1 Å². The van der Waals surface area contributed by atoms with Crippen molar-refractivity contribution in [1.29, 1.82) is 0 Å². The van der Waals surface area contributed by atoms with E-state index in [4.69, 9.17) is 4.74 Å². The number of aromatic nitrogens is 2. The molecule has 1 saturated heterocycles. The van der Waals surface area contributed by atoms with Gasteiger partial charge in [0.2, 0.25) is 5.91 Å². The molecular weight excluding hydrogens is 326 g/mol. The molecule has 5 nitrogen and oxygen atoms in total. The molecule has 26 heavy (non-hydrogen) atoms. The number of nitrogens with zero attached hydrogens (tertiary/aromatic N) is 3. The Morgan fingerprint density at radius 2 is 1.92 bits per heavy atom.